The van der Waals surface area contributed by atoms with Crippen molar-refractivity contribution >= 4 is 38.9 Å². The number of halogens is 2. The summed E-state index contributed by atoms with van der Waals surface area (Å²) in [6.45, 7) is 0. The van der Waals surface area contributed by atoms with Crippen LogP contribution in [0.2, 0.25) is 10.0 Å². The second-order valence-electron chi connectivity index (χ2n) is 3.91. The highest BCUT2D eigenvalue weighted by atomic mass is 35.5. The minimum Gasteiger partial charge on any atom is -0.504 e. The number of sulfonamides is 1. The Kier molecular flexibility index (Phi) is 4.23. The Morgan fingerprint density at radius 2 is 1.81 bits per heavy atom. The highest BCUT2D eigenvalue weighted by Crippen LogP contribution is 2.29. The van der Waals surface area contributed by atoms with E-state index < -0.39 is 15.8 Å². The zero-order valence-electron chi connectivity index (χ0n) is 10.2. The van der Waals surface area contributed by atoms with Crippen LogP contribution in [-0.4, -0.2) is 18.5 Å². The monoisotopic (exact) mass is 343 g/mol. The first-order chi connectivity index (χ1) is 9.83. The summed E-state index contributed by atoms with van der Waals surface area (Å²) in [5.41, 5.74) is -0.371. The summed E-state index contributed by atoms with van der Waals surface area (Å²) in [5, 5.41) is 18.8. The lowest BCUT2D eigenvalue weighted by Crippen LogP contribution is -2.13. The molecule has 0 bridgehead atoms. The predicted octanol–water partition coefficient (Wildman–Crippen LogP) is 2.77. The largest absolute Gasteiger partial charge is 0.504 e. The van der Waals surface area contributed by atoms with Gasteiger partial charge in [0.05, 0.1) is 11.1 Å². The Bertz CT molecular complexity index is 827. The summed E-state index contributed by atoms with van der Waals surface area (Å²) < 4.78 is 26.5. The highest BCUT2D eigenvalue weighted by Gasteiger charge is 2.19. The summed E-state index contributed by atoms with van der Waals surface area (Å²) in [4.78, 5) is 3.49. The Labute approximate surface area is 130 Å². The molecule has 108 valence electrons. The number of aromatic hydroxyl groups is 1. The number of benzene rings is 1. The van der Waals surface area contributed by atoms with Gasteiger partial charge in [-0.1, -0.05) is 23.2 Å². The molecule has 9 heteroatoms. The van der Waals surface area contributed by atoms with Gasteiger partial charge in [-0.2, -0.15) is 5.26 Å². The van der Waals surface area contributed by atoms with E-state index in [1.807, 2.05) is 0 Å². The summed E-state index contributed by atoms with van der Waals surface area (Å²) in [7, 11) is -4.03. The maximum atomic E-state index is 12.2. The van der Waals surface area contributed by atoms with Crippen LogP contribution in [0, 0.1) is 11.3 Å². The minimum atomic E-state index is -4.03. The first-order valence-electron chi connectivity index (χ1n) is 5.39. The quantitative estimate of drug-likeness (QED) is 0.891. The zero-order valence-corrected chi connectivity index (χ0v) is 12.5. The van der Waals surface area contributed by atoms with Crippen molar-refractivity contribution in [3.8, 4) is 11.8 Å². The Balaban J connectivity index is 2.45. The third kappa shape index (κ3) is 3.36. The average Bonchev–Trinajstić information content (AvgIpc) is 2.40. The molecule has 0 fully saturated rings. The lowest BCUT2D eigenvalue weighted by atomic mass is 10.2. The molecule has 2 N–H and O–H groups in total. The number of hydrogen-bond donors (Lipinski definition) is 2. The van der Waals surface area contributed by atoms with Gasteiger partial charge < -0.3 is 5.11 Å². The Morgan fingerprint density at radius 1 is 1.19 bits per heavy atom. The van der Waals surface area contributed by atoms with Crippen molar-refractivity contribution in [2.75, 3.05) is 4.72 Å². The molecule has 6 nitrogen and oxygen atoms in total. The molecule has 0 aliphatic heterocycles. The third-order valence-electron chi connectivity index (χ3n) is 2.43. The van der Waals surface area contributed by atoms with E-state index >= 15 is 0 Å². The number of pyridine rings is 1. The fraction of sp³-hybridized carbons (Fsp3) is 0. The van der Waals surface area contributed by atoms with Crippen LogP contribution < -0.4 is 4.72 Å². The van der Waals surface area contributed by atoms with Gasteiger partial charge in [-0.15, -0.1) is 0 Å². The van der Waals surface area contributed by atoms with Crippen LogP contribution in [0.25, 0.3) is 0 Å². The van der Waals surface area contributed by atoms with Crippen molar-refractivity contribution in [1.82, 2.24) is 4.98 Å². The van der Waals surface area contributed by atoms with Crippen molar-refractivity contribution in [3.63, 3.8) is 0 Å². The number of nitriles is 1. The van der Waals surface area contributed by atoms with E-state index in [0.717, 1.165) is 12.4 Å². The van der Waals surface area contributed by atoms with Gasteiger partial charge in [-0.3, -0.25) is 9.71 Å². The van der Waals surface area contributed by atoms with Gasteiger partial charge in [0.2, 0.25) is 0 Å². The van der Waals surface area contributed by atoms with Gasteiger partial charge >= 0.3 is 0 Å². The fourth-order valence-electron chi connectivity index (χ4n) is 1.50. The van der Waals surface area contributed by atoms with Crippen molar-refractivity contribution in [2.24, 2.45) is 0 Å². The van der Waals surface area contributed by atoms with Crippen molar-refractivity contribution in [2.45, 2.75) is 4.90 Å². The summed E-state index contributed by atoms with van der Waals surface area (Å²) in [6, 6.07) is 5.48. The van der Waals surface area contributed by atoms with Crippen molar-refractivity contribution < 1.29 is 13.5 Å². The van der Waals surface area contributed by atoms with Gasteiger partial charge in [0.1, 0.15) is 17.3 Å². The molecule has 0 aliphatic rings. The molecule has 1 aromatic carbocycles. The number of anilines is 1. The zero-order chi connectivity index (χ0) is 15.6. The summed E-state index contributed by atoms with van der Waals surface area (Å²) in [5.74, 6) is -0.510. The maximum absolute atomic E-state index is 12.2. The average molecular weight is 344 g/mol. The molecule has 1 heterocycles. The molecule has 0 unspecified atom stereocenters. The van der Waals surface area contributed by atoms with Crippen LogP contribution in [-0.2, 0) is 10.0 Å². The molecule has 0 spiro atoms. The SMILES string of the molecule is N#Cc1cncc(NS(=O)(=O)c2cc(Cl)cc(Cl)c2)c1O. The summed E-state index contributed by atoms with van der Waals surface area (Å²) >= 11 is 11.5. The second kappa shape index (κ2) is 5.77. The normalized spacial score (nSPS) is 10.9. The van der Waals surface area contributed by atoms with Gasteiger partial charge in [0.15, 0.2) is 5.75 Å². The third-order valence-corrected chi connectivity index (χ3v) is 4.21. The van der Waals surface area contributed by atoms with Crippen molar-refractivity contribution in [1.29, 1.82) is 5.26 Å². The molecule has 2 rings (SSSR count). The van der Waals surface area contributed by atoms with Crippen molar-refractivity contribution in [3.05, 3.63) is 46.2 Å². The number of nitrogens with zero attached hydrogens (tertiary/aromatic N) is 2. The van der Waals surface area contributed by atoms with E-state index in [1.54, 1.807) is 6.07 Å². The number of aromatic nitrogens is 1. The number of nitrogens with one attached hydrogen (secondary N) is 1. The summed E-state index contributed by atoms with van der Waals surface area (Å²) in [6.07, 6.45) is 2.20. The fourth-order valence-corrected chi connectivity index (χ4v) is 3.27. The van der Waals surface area contributed by atoms with Crippen LogP contribution in [0.1, 0.15) is 5.56 Å². The van der Waals surface area contributed by atoms with Crippen LogP contribution in [0.4, 0.5) is 5.69 Å². The Morgan fingerprint density at radius 3 is 2.38 bits per heavy atom. The van der Waals surface area contributed by atoms with Gasteiger partial charge in [-0.05, 0) is 18.2 Å². The van der Waals surface area contributed by atoms with Crippen LogP contribution in [0.3, 0.4) is 0 Å². The lowest BCUT2D eigenvalue weighted by Gasteiger charge is -2.10. The van der Waals surface area contributed by atoms with E-state index in [9.17, 15) is 13.5 Å². The second-order valence-corrected chi connectivity index (χ2v) is 6.46. The number of rotatable bonds is 3. The van der Waals surface area contributed by atoms with Crippen LogP contribution in [0.15, 0.2) is 35.5 Å². The van der Waals surface area contributed by atoms with Crippen LogP contribution in [0.5, 0.6) is 5.75 Å². The molecular weight excluding hydrogens is 337 g/mol. The molecular formula is C12H7Cl2N3O3S. The molecule has 0 radical (unpaired) electrons. The predicted molar refractivity (Wildman–Crippen MR) is 77.9 cm³/mol. The highest BCUT2D eigenvalue weighted by molar-refractivity contribution is 7.92. The molecule has 21 heavy (non-hydrogen) atoms. The van der Waals surface area contributed by atoms with E-state index in [4.69, 9.17) is 28.5 Å². The minimum absolute atomic E-state index is 0.149. The van der Waals surface area contributed by atoms with Crippen LogP contribution >= 0.6 is 23.2 Å². The smallest absolute Gasteiger partial charge is 0.262 e. The first kappa shape index (κ1) is 15.4. The lowest BCUT2D eigenvalue weighted by molar-refractivity contribution is 0.475. The first-order valence-corrected chi connectivity index (χ1v) is 7.63. The topological polar surface area (TPSA) is 103 Å². The molecule has 0 saturated heterocycles. The van der Waals surface area contributed by atoms with E-state index in [1.165, 1.54) is 18.2 Å². The van der Waals surface area contributed by atoms with E-state index in [0.29, 0.717) is 0 Å². The van der Waals surface area contributed by atoms with Gasteiger partial charge in [-0.25, -0.2) is 8.42 Å². The maximum Gasteiger partial charge on any atom is 0.262 e. The molecule has 1 aromatic heterocycles. The molecule has 0 amide bonds. The van der Waals surface area contributed by atoms with Gasteiger partial charge in [0, 0.05) is 16.2 Å². The Hall–Kier alpha value is -2.01. The molecule has 0 atom stereocenters. The standard InChI is InChI=1S/C12H7Cl2N3O3S/c13-8-1-9(14)3-10(2-8)21(19,20)17-11-6-16-5-7(4-15)12(11)18/h1-3,5-6,17H,(H,16,18). The van der Waals surface area contributed by atoms with E-state index in [-0.39, 0.29) is 26.2 Å². The van der Waals surface area contributed by atoms with E-state index in [2.05, 4.69) is 9.71 Å². The van der Waals surface area contributed by atoms with Gasteiger partial charge in [0.25, 0.3) is 10.0 Å². The number of hydrogen-bond acceptors (Lipinski definition) is 5. The molecule has 0 saturated carbocycles. The molecule has 2 aromatic rings. The molecule has 0 aliphatic carbocycles.